The van der Waals surface area contributed by atoms with E-state index in [0.29, 0.717) is 12.5 Å². The monoisotopic (exact) mass is 250 g/mol. The van der Waals surface area contributed by atoms with E-state index in [2.05, 4.69) is 17.6 Å². The van der Waals surface area contributed by atoms with E-state index in [0.717, 1.165) is 32.4 Å². The van der Waals surface area contributed by atoms with Gasteiger partial charge >= 0.3 is 0 Å². The van der Waals surface area contributed by atoms with Crippen LogP contribution in [-0.2, 0) is 4.79 Å². The number of halogens is 1. The largest absolute Gasteiger partial charge is 0.396 e. The topological polar surface area (TPSA) is 61.4 Å². The van der Waals surface area contributed by atoms with Crippen LogP contribution >= 0.6 is 12.4 Å². The maximum atomic E-state index is 11.7. The van der Waals surface area contributed by atoms with Crippen LogP contribution in [0, 0.1) is 11.8 Å². The van der Waals surface area contributed by atoms with Gasteiger partial charge in [0.1, 0.15) is 0 Å². The third-order valence-electron chi connectivity index (χ3n) is 3.11. The Labute approximate surface area is 104 Å². The highest BCUT2D eigenvalue weighted by Crippen LogP contribution is 2.09. The van der Waals surface area contributed by atoms with Crippen molar-refractivity contribution in [1.29, 1.82) is 0 Å². The number of carbonyl (C=O) groups is 1. The lowest BCUT2D eigenvalue weighted by molar-refractivity contribution is -0.124. The number of carbonyl (C=O) groups excluding carboxylic acids is 1. The Morgan fingerprint density at radius 3 is 2.88 bits per heavy atom. The van der Waals surface area contributed by atoms with Gasteiger partial charge in [-0.05, 0) is 25.3 Å². The molecule has 5 heteroatoms. The van der Waals surface area contributed by atoms with Gasteiger partial charge in [0, 0.05) is 19.7 Å². The maximum absolute atomic E-state index is 11.7. The third kappa shape index (κ3) is 5.14. The predicted molar refractivity (Wildman–Crippen MR) is 66.7 cm³/mol. The summed E-state index contributed by atoms with van der Waals surface area (Å²) < 4.78 is 0. The Hall–Kier alpha value is -0.320. The highest BCUT2D eigenvalue weighted by Gasteiger charge is 2.22. The van der Waals surface area contributed by atoms with E-state index >= 15 is 0 Å². The molecule has 1 fully saturated rings. The second-order valence-corrected chi connectivity index (χ2v) is 4.22. The van der Waals surface area contributed by atoms with Gasteiger partial charge in [-0.3, -0.25) is 4.79 Å². The Morgan fingerprint density at radius 2 is 2.38 bits per heavy atom. The summed E-state index contributed by atoms with van der Waals surface area (Å²) in [7, 11) is 0. The van der Waals surface area contributed by atoms with Gasteiger partial charge in [-0.15, -0.1) is 12.4 Å². The first-order valence-corrected chi connectivity index (χ1v) is 5.87. The molecule has 0 radical (unpaired) electrons. The van der Waals surface area contributed by atoms with Crippen molar-refractivity contribution in [3.05, 3.63) is 0 Å². The fourth-order valence-electron chi connectivity index (χ4n) is 1.90. The predicted octanol–water partition coefficient (Wildman–Crippen LogP) is 0.542. The molecule has 1 saturated heterocycles. The number of nitrogens with one attached hydrogen (secondary N) is 2. The van der Waals surface area contributed by atoms with E-state index in [9.17, 15) is 4.79 Å². The standard InChI is InChI=1S/C11H22N2O2.ClH/c1-2-9(4-6-14)7-13-11(15)10-3-5-12-8-10;/h9-10,12,14H,2-8H2,1H3,(H,13,15);1H. The van der Waals surface area contributed by atoms with Gasteiger partial charge in [0.15, 0.2) is 0 Å². The van der Waals surface area contributed by atoms with Crippen molar-refractivity contribution in [3.63, 3.8) is 0 Å². The fraction of sp³-hybridized carbons (Fsp3) is 0.909. The van der Waals surface area contributed by atoms with Gasteiger partial charge < -0.3 is 15.7 Å². The Kier molecular flexibility index (Phi) is 8.61. The molecule has 2 unspecified atom stereocenters. The molecular formula is C11H23ClN2O2. The number of hydrogen-bond donors (Lipinski definition) is 3. The fourth-order valence-corrected chi connectivity index (χ4v) is 1.90. The Bertz CT molecular complexity index is 196. The normalized spacial score (nSPS) is 21.2. The first-order valence-electron chi connectivity index (χ1n) is 5.87. The molecule has 0 aromatic heterocycles. The van der Waals surface area contributed by atoms with E-state index in [-0.39, 0.29) is 30.8 Å². The average Bonchev–Trinajstić information content (AvgIpc) is 2.77. The van der Waals surface area contributed by atoms with Gasteiger partial charge in [-0.1, -0.05) is 13.3 Å². The van der Waals surface area contributed by atoms with E-state index in [1.165, 1.54) is 0 Å². The molecular weight excluding hydrogens is 228 g/mol. The van der Waals surface area contributed by atoms with Gasteiger partial charge in [0.05, 0.1) is 5.92 Å². The minimum atomic E-state index is 0. The second-order valence-electron chi connectivity index (χ2n) is 4.22. The van der Waals surface area contributed by atoms with Crippen molar-refractivity contribution in [2.24, 2.45) is 11.8 Å². The van der Waals surface area contributed by atoms with Crippen molar-refractivity contribution >= 4 is 18.3 Å². The average molecular weight is 251 g/mol. The molecule has 0 aromatic rings. The molecule has 1 amide bonds. The van der Waals surface area contributed by atoms with Crippen molar-refractivity contribution in [2.75, 3.05) is 26.2 Å². The molecule has 1 rings (SSSR count). The summed E-state index contributed by atoms with van der Waals surface area (Å²) in [6.45, 7) is 4.75. The number of aliphatic hydroxyl groups is 1. The van der Waals surface area contributed by atoms with Gasteiger partial charge in [-0.25, -0.2) is 0 Å². The van der Waals surface area contributed by atoms with E-state index in [4.69, 9.17) is 5.11 Å². The van der Waals surface area contributed by atoms with Gasteiger partial charge in [0.2, 0.25) is 5.91 Å². The Balaban J connectivity index is 0.00000225. The highest BCUT2D eigenvalue weighted by atomic mass is 35.5. The molecule has 1 aliphatic heterocycles. The molecule has 96 valence electrons. The Morgan fingerprint density at radius 1 is 1.62 bits per heavy atom. The first kappa shape index (κ1) is 15.7. The summed E-state index contributed by atoms with van der Waals surface area (Å²) in [6.07, 6.45) is 2.73. The lowest BCUT2D eigenvalue weighted by Crippen LogP contribution is -2.35. The smallest absolute Gasteiger partial charge is 0.224 e. The van der Waals surface area contributed by atoms with Crippen LogP contribution in [0.4, 0.5) is 0 Å². The minimum Gasteiger partial charge on any atom is -0.396 e. The summed E-state index contributed by atoms with van der Waals surface area (Å²) in [4.78, 5) is 11.7. The molecule has 0 bridgehead atoms. The molecule has 4 nitrogen and oxygen atoms in total. The second kappa shape index (κ2) is 8.79. The molecule has 0 saturated carbocycles. The number of aliphatic hydroxyl groups excluding tert-OH is 1. The highest BCUT2D eigenvalue weighted by molar-refractivity contribution is 5.85. The zero-order valence-corrected chi connectivity index (χ0v) is 10.7. The molecule has 1 aliphatic rings. The lowest BCUT2D eigenvalue weighted by Gasteiger charge is -2.16. The summed E-state index contributed by atoms with van der Waals surface area (Å²) in [5.74, 6) is 0.723. The van der Waals surface area contributed by atoms with E-state index in [1.807, 2.05) is 0 Å². The van der Waals surface area contributed by atoms with Crippen molar-refractivity contribution in [3.8, 4) is 0 Å². The van der Waals surface area contributed by atoms with Gasteiger partial charge in [0.25, 0.3) is 0 Å². The van der Waals surface area contributed by atoms with Crippen LogP contribution in [-0.4, -0.2) is 37.3 Å². The molecule has 3 N–H and O–H groups in total. The van der Waals surface area contributed by atoms with Crippen LogP contribution < -0.4 is 10.6 Å². The summed E-state index contributed by atoms with van der Waals surface area (Å²) >= 11 is 0. The number of rotatable bonds is 6. The molecule has 0 spiro atoms. The summed E-state index contributed by atoms with van der Waals surface area (Å²) in [6, 6.07) is 0. The van der Waals surface area contributed by atoms with Crippen molar-refractivity contribution in [1.82, 2.24) is 10.6 Å². The van der Waals surface area contributed by atoms with Crippen LogP contribution in [0.5, 0.6) is 0 Å². The minimum absolute atomic E-state index is 0. The lowest BCUT2D eigenvalue weighted by atomic mass is 10.0. The first-order chi connectivity index (χ1) is 7.27. The molecule has 0 aliphatic carbocycles. The quantitative estimate of drug-likeness (QED) is 0.645. The zero-order chi connectivity index (χ0) is 11.1. The number of hydrogen-bond acceptors (Lipinski definition) is 3. The van der Waals surface area contributed by atoms with Crippen LogP contribution in [0.1, 0.15) is 26.2 Å². The summed E-state index contributed by atoms with van der Waals surface area (Å²) in [5.41, 5.74) is 0. The van der Waals surface area contributed by atoms with E-state index < -0.39 is 0 Å². The van der Waals surface area contributed by atoms with Crippen LogP contribution in [0.15, 0.2) is 0 Å². The number of amides is 1. The SMILES string of the molecule is CCC(CCO)CNC(=O)C1CCNC1.Cl. The molecule has 1 heterocycles. The summed E-state index contributed by atoms with van der Waals surface area (Å²) in [5, 5.41) is 15.0. The van der Waals surface area contributed by atoms with Gasteiger partial charge in [-0.2, -0.15) is 0 Å². The molecule has 0 aromatic carbocycles. The van der Waals surface area contributed by atoms with Crippen LogP contribution in [0.25, 0.3) is 0 Å². The van der Waals surface area contributed by atoms with Crippen LogP contribution in [0.2, 0.25) is 0 Å². The van der Waals surface area contributed by atoms with Crippen molar-refractivity contribution < 1.29 is 9.90 Å². The maximum Gasteiger partial charge on any atom is 0.224 e. The zero-order valence-electron chi connectivity index (χ0n) is 9.87. The van der Waals surface area contributed by atoms with Crippen LogP contribution in [0.3, 0.4) is 0 Å². The van der Waals surface area contributed by atoms with E-state index in [1.54, 1.807) is 0 Å². The third-order valence-corrected chi connectivity index (χ3v) is 3.11. The molecule has 16 heavy (non-hydrogen) atoms. The molecule has 2 atom stereocenters. The van der Waals surface area contributed by atoms with Crippen molar-refractivity contribution in [2.45, 2.75) is 26.2 Å².